The lowest BCUT2D eigenvalue weighted by atomic mass is 10.1. The van der Waals surface area contributed by atoms with Crippen LogP contribution in [0, 0.1) is 11.2 Å². The Bertz CT molecular complexity index is 330. The monoisotopic (exact) mass is 310 g/mol. The van der Waals surface area contributed by atoms with E-state index < -0.39 is 0 Å². The van der Waals surface area contributed by atoms with Crippen LogP contribution in [0.25, 0.3) is 0 Å². The van der Waals surface area contributed by atoms with Crippen molar-refractivity contribution in [3.63, 3.8) is 0 Å². The first-order valence-corrected chi connectivity index (χ1v) is 7.74. The standard InChI is InChI=1S/C8H9FIN2P/c1-5(11)8-6(9)3-2-4-7(8)12-13-10/h2-4,11-13H,1H3. The van der Waals surface area contributed by atoms with Crippen LogP contribution in [0.5, 0.6) is 0 Å². The molecule has 70 valence electrons. The Morgan fingerprint density at radius 1 is 1.62 bits per heavy atom. The van der Waals surface area contributed by atoms with Gasteiger partial charge >= 0.3 is 0 Å². The molecule has 0 radical (unpaired) electrons. The van der Waals surface area contributed by atoms with Gasteiger partial charge in [0.15, 0.2) is 0 Å². The molecule has 1 aromatic carbocycles. The molecule has 0 heterocycles. The van der Waals surface area contributed by atoms with Gasteiger partial charge in [0.25, 0.3) is 0 Å². The minimum absolute atomic E-state index is 0.246. The van der Waals surface area contributed by atoms with E-state index in [9.17, 15) is 4.39 Å². The first kappa shape index (κ1) is 10.9. The van der Waals surface area contributed by atoms with E-state index in [1.165, 1.54) is 6.07 Å². The van der Waals surface area contributed by atoms with Gasteiger partial charge in [-0.25, -0.2) is 4.39 Å². The maximum absolute atomic E-state index is 13.2. The van der Waals surface area contributed by atoms with Crippen molar-refractivity contribution in [2.24, 2.45) is 0 Å². The molecule has 1 aromatic rings. The molecule has 5 heteroatoms. The summed E-state index contributed by atoms with van der Waals surface area (Å²) in [4.78, 5) is 0. The van der Waals surface area contributed by atoms with Gasteiger partial charge in [-0.1, -0.05) is 6.07 Å². The molecule has 0 aliphatic carbocycles. The molecular formula is C8H9FIN2P. The Kier molecular flexibility index (Phi) is 4.06. The van der Waals surface area contributed by atoms with Gasteiger partial charge in [-0.2, -0.15) is 0 Å². The average molecular weight is 310 g/mol. The first-order valence-electron chi connectivity index (χ1n) is 3.62. The number of hydrogen-bond acceptors (Lipinski definition) is 2. The smallest absolute Gasteiger partial charge is 0.134 e. The van der Waals surface area contributed by atoms with Crippen LogP contribution < -0.4 is 5.09 Å². The van der Waals surface area contributed by atoms with E-state index in [2.05, 4.69) is 27.1 Å². The second-order valence-corrected chi connectivity index (χ2v) is 4.56. The molecule has 2 nitrogen and oxygen atoms in total. The van der Waals surface area contributed by atoms with Crippen LogP contribution >= 0.6 is 28.4 Å². The van der Waals surface area contributed by atoms with Crippen molar-refractivity contribution in [2.75, 3.05) is 5.09 Å². The topological polar surface area (TPSA) is 35.9 Å². The molecule has 1 atom stereocenters. The normalized spacial score (nSPS) is 10.7. The highest BCUT2D eigenvalue weighted by molar-refractivity contribution is 14.2. The van der Waals surface area contributed by atoms with E-state index >= 15 is 0 Å². The zero-order valence-corrected chi connectivity index (χ0v) is 10.1. The third-order valence-corrected chi connectivity index (χ3v) is 2.74. The Hall–Kier alpha value is -0.220. The number of benzene rings is 1. The highest BCUT2D eigenvalue weighted by atomic mass is 127. The minimum Gasteiger partial charge on any atom is -0.358 e. The van der Waals surface area contributed by atoms with E-state index in [0.29, 0.717) is 17.6 Å². The van der Waals surface area contributed by atoms with Gasteiger partial charge < -0.3 is 10.5 Å². The van der Waals surface area contributed by atoms with E-state index in [4.69, 9.17) is 5.41 Å². The fourth-order valence-electron chi connectivity index (χ4n) is 1.06. The molecule has 0 aliphatic heterocycles. The molecule has 0 bridgehead atoms. The zero-order valence-electron chi connectivity index (χ0n) is 6.99. The van der Waals surface area contributed by atoms with E-state index in [-0.39, 0.29) is 11.5 Å². The average Bonchev–Trinajstić information content (AvgIpc) is 2.04. The third kappa shape index (κ3) is 2.61. The van der Waals surface area contributed by atoms with Crippen molar-refractivity contribution in [2.45, 2.75) is 6.92 Å². The molecule has 0 spiro atoms. The lowest BCUT2D eigenvalue weighted by Crippen LogP contribution is -2.01. The van der Waals surface area contributed by atoms with Gasteiger partial charge in [0.1, 0.15) is 5.82 Å². The Morgan fingerprint density at radius 3 is 2.85 bits per heavy atom. The summed E-state index contributed by atoms with van der Waals surface area (Å²) in [5, 5.41) is 10.4. The fourth-order valence-corrected chi connectivity index (χ4v) is 2.24. The van der Waals surface area contributed by atoms with Gasteiger partial charge in [0.05, 0.1) is 5.56 Å². The summed E-state index contributed by atoms with van der Waals surface area (Å²) in [7, 11) is 0. The van der Waals surface area contributed by atoms with Crippen molar-refractivity contribution in [1.29, 1.82) is 5.41 Å². The van der Waals surface area contributed by atoms with Gasteiger partial charge in [0, 0.05) is 17.8 Å². The molecule has 1 unspecified atom stereocenters. The summed E-state index contributed by atoms with van der Waals surface area (Å²) in [5.74, 6) is -0.341. The Labute approximate surface area is 91.1 Å². The maximum atomic E-state index is 13.2. The van der Waals surface area contributed by atoms with Crippen LogP contribution in [0.2, 0.25) is 0 Å². The van der Waals surface area contributed by atoms with Crippen molar-refractivity contribution >= 4 is 39.8 Å². The van der Waals surface area contributed by atoms with Gasteiger partial charge in [-0.15, -0.1) is 0 Å². The predicted molar refractivity (Wildman–Crippen MR) is 64.9 cm³/mol. The SMILES string of the molecule is CC(=N)c1c(F)cccc1NPI. The number of anilines is 1. The van der Waals surface area contributed by atoms with Crippen molar-refractivity contribution in [1.82, 2.24) is 0 Å². The third-order valence-electron chi connectivity index (χ3n) is 1.57. The molecular weight excluding hydrogens is 301 g/mol. The van der Waals surface area contributed by atoms with E-state index in [1.54, 1.807) is 19.1 Å². The molecule has 13 heavy (non-hydrogen) atoms. The largest absolute Gasteiger partial charge is 0.358 e. The molecule has 0 saturated carbocycles. The maximum Gasteiger partial charge on any atom is 0.134 e. The molecule has 0 aliphatic rings. The van der Waals surface area contributed by atoms with Crippen LogP contribution in [-0.2, 0) is 0 Å². The molecule has 0 aromatic heterocycles. The van der Waals surface area contributed by atoms with Gasteiger partial charge in [0.2, 0.25) is 0 Å². The number of nitrogens with one attached hydrogen (secondary N) is 2. The summed E-state index contributed by atoms with van der Waals surface area (Å²) in [6, 6.07) is 4.79. The fraction of sp³-hybridized carbons (Fsp3) is 0.125. The lowest BCUT2D eigenvalue weighted by molar-refractivity contribution is 0.626. The second-order valence-electron chi connectivity index (χ2n) is 2.51. The van der Waals surface area contributed by atoms with Crippen molar-refractivity contribution in [3.05, 3.63) is 29.6 Å². The summed E-state index contributed by atoms with van der Waals surface area (Å²) in [6.07, 6.45) is 0.477. The molecule has 0 amide bonds. The quantitative estimate of drug-likeness (QED) is 0.500. The summed E-state index contributed by atoms with van der Waals surface area (Å²) < 4.78 is 13.2. The second kappa shape index (κ2) is 4.86. The minimum atomic E-state index is -0.341. The molecule has 0 saturated heterocycles. The summed E-state index contributed by atoms with van der Waals surface area (Å²) >= 11 is 2.17. The van der Waals surface area contributed by atoms with Crippen LogP contribution in [0.15, 0.2) is 18.2 Å². The van der Waals surface area contributed by atoms with Crippen LogP contribution in [0.4, 0.5) is 10.1 Å². The highest BCUT2D eigenvalue weighted by Crippen LogP contribution is 2.28. The summed E-state index contributed by atoms with van der Waals surface area (Å²) in [5.41, 5.74) is 1.31. The number of halogens is 2. The van der Waals surface area contributed by atoms with E-state index in [0.717, 1.165) is 0 Å². The number of rotatable bonds is 3. The summed E-state index contributed by atoms with van der Waals surface area (Å²) in [6.45, 7) is 1.58. The molecule has 2 N–H and O–H groups in total. The van der Waals surface area contributed by atoms with Gasteiger partial charge in [-0.3, -0.25) is 0 Å². The lowest BCUT2D eigenvalue weighted by Gasteiger charge is -2.09. The van der Waals surface area contributed by atoms with Crippen LogP contribution in [-0.4, -0.2) is 5.71 Å². The Balaban J connectivity index is 3.17. The number of hydrogen-bond donors (Lipinski definition) is 2. The zero-order chi connectivity index (χ0) is 9.84. The van der Waals surface area contributed by atoms with Crippen molar-refractivity contribution in [3.8, 4) is 0 Å². The predicted octanol–water partition coefficient (Wildman–Crippen LogP) is 3.57. The molecule has 0 fully saturated rings. The van der Waals surface area contributed by atoms with Crippen molar-refractivity contribution < 1.29 is 4.39 Å². The van der Waals surface area contributed by atoms with Crippen LogP contribution in [0.3, 0.4) is 0 Å². The molecule has 1 rings (SSSR count). The van der Waals surface area contributed by atoms with Crippen LogP contribution in [0.1, 0.15) is 12.5 Å². The first-order chi connectivity index (χ1) is 6.16. The van der Waals surface area contributed by atoms with Gasteiger partial charge in [-0.05, 0) is 41.1 Å². The highest BCUT2D eigenvalue weighted by Gasteiger charge is 2.08. The Morgan fingerprint density at radius 2 is 2.31 bits per heavy atom. The van der Waals surface area contributed by atoms with E-state index in [1.807, 2.05) is 0 Å².